The van der Waals surface area contributed by atoms with Crippen LogP contribution in [0.5, 0.6) is 0 Å². The fourth-order valence-electron chi connectivity index (χ4n) is 6.34. The SMILES string of the molecule is CC1(C)CCCC2(C)C1CCC1(C)OC(=C(CO)CCO)CC12. The minimum atomic E-state index is -0.0934. The Labute approximate surface area is 141 Å². The second-order valence-electron chi connectivity index (χ2n) is 9.27. The average Bonchev–Trinajstić information content (AvgIpc) is 2.82. The molecule has 3 rings (SSSR count). The van der Waals surface area contributed by atoms with Crippen molar-refractivity contribution >= 4 is 0 Å². The van der Waals surface area contributed by atoms with Gasteiger partial charge >= 0.3 is 0 Å². The molecule has 0 spiro atoms. The molecule has 23 heavy (non-hydrogen) atoms. The van der Waals surface area contributed by atoms with Crippen molar-refractivity contribution in [3.05, 3.63) is 11.3 Å². The summed E-state index contributed by atoms with van der Waals surface area (Å²) in [4.78, 5) is 0. The van der Waals surface area contributed by atoms with Gasteiger partial charge in [0, 0.05) is 18.9 Å². The molecule has 0 aromatic carbocycles. The average molecular weight is 322 g/mol. The molecular formula is C20H34O3. The first-order chi connectivity index (χ1) is 10.8. The minimum absolute atomic E-state index is 0.00429. The predicted octanol–water partition coefficient (Wildman–Crippen LogP) is 4.04. The number of fused-ring (bicyclic) bond motifs is 3. The number of hydrogen-bond acceptors (Lipinski definition) is 3. The molecule has 4 atom stereocenters. The third-order valence-electron chi connectivity index (χ3n) is 7.48. The molecule has 3 aliphatic rings. The summed E-state index contributed by atoms with van der Waals surface area (Å²) in [5.74, 6) is 2.27. The van der Waals surface area contributed by atoms with E-state index in [0.717, 1.165) is 30.1 Å². The van der Waals surface area contributed by atoms with E-state index in [1.807, 2.05) is 0 Å². The van der Waals surface area contributed by atoms with E-state index < -0.39 is 0 Å². The van der Waals surface area contributed by atoms with Crippen molar-refractivity contribution in [3.8, 4) is 0 Å². The first kappa shape index (κ1) is 17.3. The van der Waals surface area contributed by atoms with Gasteiger partial charge in [-0.15, -0.1) is 0 Å². The highest BCUT2D eigenvalue weighted by molar-refractivity contribution is 5.21. The van der Waals surface area contributed by atoms with Crippen LogP contribution in [0.3, 0.4) is 0 Å². The lowest BCUT2D eigenvalue weighted by molar-refractivity contribution is -0.142. The second-order valence-corrected chi connectivity index (χ2v) is 9.27. The van der Waals surface area contributed by atoms with Gasteiger partial charge in [0.15, 0.2) is 0 Å². The lowest BCUT2D eigenvalue weighted by atomic mass is 9.45. The van der Waals surface area contributed by atoms with Crippen molar-refractivity contribution < 1.29 is 14.9 Å². The van der Waals surface area contributed by atoms with Crippen LogP contribution in [-0.2, 0) is 4.74 Å². The number of hydrogen-bond donors (Lipinski definition) is 2. The number of aliphatic hydroxyl groups excluding tert-OH is 2. The highest BCUT2D eigenvalue weighted by Crippen LogP contribution is 2.66. The summed E-state index contributed by atoms with van der Waals surface area (Å²) in [5, 5.41) is 18.9. The summed E-state index contributed by atoms with van der Waals surface area (Å²) in [6, 6.07) is 0. The molecule has 0 amide bonds. The molecule has 0 aromatic rings. The van der Waals surface area contributed by atoms with Crippen LogP contribution in [0, 0.1) is 22.7 Å². The second kappa shape index (κ2) is 5.77. The summed E-state index contributed by atoms with van der Waals surface area (Å²) >= 11 is 0. The molecule has 2 aliphatic carbocycles. The van der Waals surface area contributed by atoms with Crippen molar-refractivity contribution in [2.45, 2.75) is 78.2 Å². The Kier molecular flexibility index (Phi) is 4.34. The first-order valence-corrected chi connectivity index (χ1v) is 9.38. The molecule has 1 aliphatic heterocycles. The Bertz CT molecular complexity index is 495. The Morgan fingerprint density at radius 2 is 1.83 bits per heavy atom. The lowest BCUT2D eigenvalue weighted by Crippen LogP contribution is -2.55. The van der Waals surface area contributed by atoms with E-state index in [4.69, 9.17) is 4.74 Å². The Morgan fingerprint density at radius 1 is 1.09 bits per heavy atom. The van der Waals surface area contributed by atoms with Crippen molar-refractivity contribution in [3.63, 3.8) is 0 Å². The summed E-state index contributed by atoms with van der Waals surface area (Å²) in [5.41, 5.74) is 1.56. The maximum absolute atomic E-state index is 9.67. The standard InChI is InChI=1S/C20H34O3/c1-18(2)8-5-9-19(3)16(18)6-10-20(4)17(19)12-15(23-20)14(13-22)7-11-21/h16-17,21-22H,5-13H2,1-4H3. The molecule has 2 saturated carbocycles. The van der Waals surface area contributed by atoms with Gasteiger partial charge in [-0.2, -0.15) is 0 Å². The topological polar surface area (TPSA) is 49.7 Å². The number of aliphatic hydroxyl groups is 2. The predicted molar refractivity (Wildman–Crippen MR) is 91.9 cm³/mol. The molecule has 0 aromatic heterocycles. The smallest absolute Gasteiger partial charge is 0.110 e. The van der Waals surface area contributed by atoms with Gasteiger partial charge in [-0.25, -0.2) is 0 Å². The van der Waals surface area contributed by atoms with E-state index >= 15 is 0 Å². The highest BCUT2D eigenvalue weighted by Gasteiger charge is 2.61. The van der Waals surface area contributed by atoms with E-state index in [1.165, 1.54) is 25.7 Å². The van der Waals surface area contributed by atoms with Crippen LogP contribution < -0.4 is 0 Å². The molecule has 0 radical (unpaired) electrons. The van der Waals surface area contributed by atoms with Crippen LogP contribution in [-0.4, -0.2) is 29.0 Å². The van der Waals surface area contributed by atoms with Crippen molar-refractivity contribution in [1.82, 2.24) is 0 Å². The molecule has 1 saturated heterocycles. The minimum Gasteiger partial charge on any atom is -0.492 e. The fraction of sp³-hybridized carbons (Fsp3) is 0.900. The summed E-state index contributed by atoms with van der Waals surface area (Å²) in [6.45, 7) is 9.77. The molecule has 3 nitrogen and oxygen atoms in total. The van der Waals surface area contributed by atoms with Gasteiger partial charge in [-0.05, 0) is 61.3 Å². The van der Waals surface area contributed by atoms with Crippen LogP contribution in [0.1, 0.15) is 72.6 Å². The van der Waals surface area contributed by atoms with E-state index in [-0.39, 0.29) is 18.8 Å². The normalized spacial score (nSPS) is 44.3. The quantitative estimate of drug-likeness (QED) is 0.824. The Morgan fingerprint density at radius 3 is 2.48 bits per heavy atom. The van der Waals surface area contributed by atoms with Gasteiger partial charge < -0.3 is 14.9 Å². The third-order valence-corrected chi connectivity index (χ3v) is 7.48. The summed E-state index contributed by atoms with van der Waals surface area (Å²) in [6.07, 6.45) is 7.78. The van der Waals surface area contributed by atoms with Gasteiger partial charge in [0.2, 0.25) is 0 Å². The molecule has 1 heterocycles. The van der Waals surface area contributed by atoms with Gasteiger partial charge in [-0.3, -0.25) is 0 Å². The zero-order chi connectivity index (χ0) is 16.9. The molecule has 3 heteroatoms. The Balaban J connectivity index is 1.95. The van der Waals surface area contributed by atoms with Crippen LogP contribution >= 0.6 is 0 Å². The van der Waals surface area contributed by atoms with Crippen LogP contribution in [0.25, 0.3) is 0 Å². The van der Waals surface area contributed by atoms with E-state index in [2.05, 4.69) is 27.7 Å². The highest BCUT2D eigenvalue weighted by atomic mass is 16.5. The maximum Gasteiger partial charge on any atom is 0.110 e. The van der Waals surface area contributed by atoms with Gasteiger partial charge in [0.1, 0.15) is 5.60 Å². The summed E-state index contributed by atoms with van der Waals surface area (Å²) < 4.78 is 6.45. The Hall–Kier alpha value is -0.540. The van der Waals surface area contributed by atoms with Crippen LogP contribution in [0.15, 0.2) is 11.3 Å². The number of ether oxygens (including phenoxy) is 1. The molecule has 0 bridgehead atoms. The first-order valence-electron chi connectivity index (χ1n) is 9.38. The maximum atomic E-state index is 9.67. The van der Waals surface area contributed by atoms with Crippen molar-refractivity contribution in [1.29, 1.82) is 0 Å². The number of rotatable bonds is 3. The largest absolute Gasteiger partial charge is 0.492 e. The lowest BCUT2D eigenvalue weighted by Gasteiger charge is -2.59. The molecule has 3 fully saturated rings. The van der Waals surface area contributed by atoms with Crippen LogP contribution in [0.2, 0.25) is 0 Å². The van der Waals surface area contributed by atoms with Crippen LogP contribution in [0.4, 0.5) is 0 Å². The van der Waals surface area contributed by atoms with Crippen molar-refractivity contribution in [2.24, 2.45) is 22.7 Å². The van der Waals surface area contributed by atoms with E-state index in [0.29, 0.717) is 23.2 Å². The zero-order valence-corrected chi connectivity index (χ0v) is 15.3. The molecule has 2 N–H and O–H groups in total. The van der Waals surface area contributed by atoms with Gasteiger partial charge in [0.05, 0.1) is 12.4 Å². The van der Waals surface area contributed by atoms with Crippen molar-refractivity contribution in [2.75, 3.05) is 13.2 Å². The molecule has 4 unspecified atom stereocenters. The third kappa shape index (κ3) is 2.64. The monoisotopic (exact) mass is 322 g/mol. The van der Waals surface area contributed by atoms with Gasteiger partial charge in [0.25, 0.3) is 0 Å². The van der Waals surface area contributed by atoms with E-state index in [9.17, 15) is 10.2 Å². The molecular weight excluding hydrogens is 288 g/mol. The number of allylic oxidation sites excluding steroid dienone is 1. The molecule has 132 valence electrons. The zero-order valence-electron chi connectivity index (χ0n) is 15.3. The van der Waals surface area contributed by atoms with E-state index in [1.54, 1.807) is 0 Å². The summed E-state index contributed by atoms with van der Waals surface area (Å²) in [7, 11) is 0. The van der Waals surface area contributed by atoms with Gasteiger partial charge in [-0.1, -0.05) is 27.2 Å². The fourth-order valence-corrected chi connectivity index (χ4v) is 6.34.